The fourth-order valence-electron chi connectivity index (χ4n) is 6.25. The standard InChI is InChI=1S/C31H41F3N2/c32-31(33,34)18-2-1-3-22-6-12-25(13-7-22)26-14-8-23(9-15-26)4-5-24-10-16-27(17-11-24)28-19-29(35)21-30(36)20-28/h4-5,8-9,14-15,19-22,24-25,27H,1-3,6-7,10-13,16-18,35-36H2/b5-4+. The summed E-state index contributed by atoms with van der Waals surface area (Å²) in [6.07, 6.45) is 11.2. The zero-order valence-corrected chi connectivity index (χ0v) is 21.3. The Balaban J connectivity index is 1.19. The van der Waals surface area contributed by atoms with Crippen LogP contribution in [0.5, 0.6) is 0 Å². The molecule has 0 bridgehead atoms. The fourth-order valence-corrected chi connectivity index (χ4v) is 6.25. The lowest BCUT2D eigenvalue weighted by Crippen LogP contribution is -2.14. The van der Waals surface area contributed by atoms with Gasteiger partial charge in [-0.15, -0.1) is 0 Å². The number of allylic oxidation sites excluding steroid dienone is 1. The minimum Gasteiger partial charge on any atom is -0.399 e. The Morgan fingerprint density at radius 2 is 1.31 bits per heavy atom. The van der Waals surface area contributed by atoms with E-state index in [1.54, 1.807) is 0 Å². The van der Waals surface area contributed by atoms with E-state index in [-0.39, 0.29) is 6.42 Å². The molecular weight excluding hydrogens is 457 g/mol. The van der Waals surface area contributed by atoms with Crippen LogP contribution in [-0.4, -0.2) is 6.18 Å². The quantitative estimate of drug-likeness (QED) is 0.281. The van der Waals surface area contributed by atoms with E-state index in [0.717, 1.165) is 43.5 Å². The van der Waals surface area contributed by atoms with Gasteiger partial charge in [0.25, 0.3) is 0 Å². The van der Waals surface area contributed by atoms with Crippen LogP contribution in [0.4, 0.5) is 24.5 Å². The predicted octanol–water partition coefficient (Wildman–Crippen LogP) is 9.23. The first-order chi connectivity index (χ1) is 17.2. The molecule has 36 heavy (non-hydrogen) atoms. The number of hydrogen-bond donors (Lipinski definition) is 2. The normalized spacial score (nSPS) is 25.3. The van der Waals surface area contributed by atoms with E-state index in [1.165, 1.54) is 42.4 Å². The van der Waals surface area contributed by atoms with Crippen molar-refractivity contribution < 1.29 is 13.2 Å². The highest BCUT2D eigenvalue weighted by molar-refractivity contribution is 5.55. The number of anilines is 2. The number of unbranched alkanes of at least 4 members (excludes halogenated alkanes) is 1. The lowest BCUT2D eigenvalue weighted by atomic mass is 9.77. The Bertz CT molecular complexity index is 960. The number of hydrogen-bond acceptors (Lipinski definition) is 2. The smallest absolute Gasteiger partial charge is 0.389 e. The second-order valence-electron chi connectivity index (χ2n) is 11.1. The summed E-state index contributed by atoms with van der Waals surface area (Å²) in [7, 11) is 0. The highest BCUT2D eigenvalue weighted by Crippen LogP contribution is 2.39. The van der Waals surface area contributed by atoms with Crippen molar-refractivity contribution in [2.75, 3.05) is 11.5 Å². The molecule has 0 aromatic heterocycles. The molecule has 4 N–H and O–H groups in total. The van der Waals surface area contributed by atoms with E-state index in [2.05, 4.69) is 48.6 Å². The van der Waals surface area contributed by atoms with Gasteiger partial charge >= 0.3 is 6.18 Å². The predicted molar refractivity (Wildman–Crippen MR) is 145 cm³/mol. The molecule has 5 heteroatoms. The Morgan fingerprint density at radius 3 is 1.92 bits per heavy atom. The van der Waals surface area contributed by atoms with Gasteiger partial charge in [0.1, 0.15) is 0 Å². The molecular formula is C31H41F3N2. The largest absolute Gasteiger partial charge is 0.399 e. The third kappa shape index (κ3) is 8.04. The average Bonchev–Trinajstić information content (AvgIpc) is 2.85. The molecule has 196 valence electrons. The SMILES string of the molecule is Nc1cc(N)cc(C2CCC(/C=C/c3ccc(C4CCC(CCCCC(F)(F)F)CC4)cc3)CC2)c1. The Hall–Kier alpha value is -2.43. The molecule has 0 amide bonds. The van der Waals surface area contributed by atoms with E-state index < -0.39 is 12.6 Å². The van der Waals surface area contributed by atoms with Crippen LogP contribution in [0.3, 0.4) is 0 Å². The van der Waals surface area contributed by atoms with Gasteiger partial charge < -0.3 is 11.5 Å². The van der Waals surface area contributed by atoms with Crippen molar-refractivity contribution in [3.8, 4) is 0 Å². The van der Waals surface area contributed by atoms with Crippen LogP contribution in [0.2, 0.25) is 0 Å². The summed E-state index contributed by atoms with van der Waals surface area (Å²) in [6, 6.07) is 15.0. The summed E-state index contributed by atoms with van der Waals surface area (Å²) in [6.45, 7) is 0. The zero-order chi connectivity index (χ0) is 25.5. The molecule has 0 spiro atoms. The first-order valence-corrected chi connectivity index (χ1v) is 13.8. The zero-order valence-electron chi connectivity index (χ0n) is 21.3. The number of rotatable bonds is 8. The van der Waals surface area contributed by atoms with Gasteiger partial charge in [0, 0.05) is 17.8 Å². The van der Waals surface area contributed by atoms with E-state index >= 15 is 0 Å². The van der Waals surface area contributed by atoms with Gasteiger partial charge in [-0.1, -0.05) is 49.3 Å². The molecule has 4 rings (SSSR count). The van der Waals surface area contributed by atoms with Gasteiger partial charge in [0.05, 0.1) is 0 Å². The van der Waals surface area contributed by atoms with Crippen molar-refractivity contribution in [3.05, 3.63) is 65.2 Å². The second-order valence-corrected chi connectivity index (χ2v) is 11.1. The average molecular weight is 499 g/mol. The molecule has 2 aliphatic carbocycles. The van der Waals surface area contributed by atoms with Gasteiger partial charge in [-0.3, -0.25) is 0 Å². The van der Waals surface area contributed by atoms with Crippen molar-refractivity contribution in [1.82, 2.24) is 0 Å². The van der Waals surface area contributed by atoms with Crippen LogP contribution in [-0.2, 0) is 0 Å². The number of halogens is 3. The maximum atomic E-state index is 12.3. The number of nitrogens with two attached hydrogens (primary N) is 2. The number of alkyl halides is 3. The van der Waals surface area contributed by atoms with Crippen LogP contribution in [0.25, 0.3) is 6.08 Å². The minimum atomic E-state index is -4.01. The van der Waals surface area contributed by atoms with Crippen LogP contribution in [0.1, 0.15) is 106 Å². The summed E-state index contributed by atoms with van der Waals surface area (Å²) in [5.41, 5.74) is 17.4. The van der Waals surface area contributed by atoms with Crippen molar-refractivity contribution in [2.45, 2.75) is 95.1 Å². The monoisotopic (exact) mass is 498 g/mol. The Kier molecular flexibility index (Phi) is 9.03. The first kappa shape index (κ1) is 26.6. The summed E-state index contributed by atoms with van der Waals surface area (Å²) < 4.78 is 36.9. The van der Waals surface area contributed by atoms with Crippen molar-refractivity contribution >= 4 is 17.5 Å². The van der Waals surface area contributed by atoms with Gasteiger partial charge in [-0.25, -0.2) is 0 Å². The third-order valence-corrected chi connectivity index (χ3v) is 8.38. The van der Waals surface area contributed by atoms with Crippen LogP contribution in [0, 0.1) is 11.8 Å². The molecule has 0 unspecified atom stereocenters. The Labute approximate surface area is 214 Å². The van der Waals surface area contributed by atoms with E-state index in [4.69, 9.17) is 11.5 Å². The maximum absolute atomic E-state index is 12.3. The maximum Gasteiger partial charge on any atom is 0.389 e. The summed E-state index contributed by atoms with van der Waals surface area (Å²) >= 11 is 0. The van der Waals surface area contributed by atoms with Crippen LogP contribution < -0.4 is 11.5 Å². The molecule has 2 fully saturated rings. The van der Waals surface area contributed by atoms with Gasteiger partial charge in [-0.2, -0.15) is 13.2 Å². The molecule has 0 atom stereocenters. The lowest BCUT2D eigenvalue weighted by molar-refractivity contribution is -0.135. The molecule has 0 saturated heterocycles. The van der Waals surface area contributed by atoms with E-state index in [0.29, 0.717) is 30.1 Å². The van der Waals surface area contributed by atoms with E-state index in [1.807, 2.05) is 6.07 Å². The number of nitrogen functional groups attached to an aromatic ring is 2. The number of benzene rings is 2. The topological polar surface area (TPSA) is 52.0 Å². The molecule has 0 heterocycles. The van der Waals surface area contributed by atoms with Gasteiger partial charge in [0.2, 0.25) is 0 Å². The van der Waals surface area contributed by atoms with Gasteiger partial charge in [-0.05, 0) is 116 Å². The van der Waals surface area contributed by atoms with Crippen molar-refractivity contribution in [2.24, 2.45) is 11.8 Å². The minimum absolute atomic E-state index is 0.275. The highest BCUT2D eigenvalue weighted by Gasteiger charge is 2.27. The van der Waals surface area contributed by atoms with Crippen LogP contribution >= 0.6 is 0 Å². The lowest BCUT2D eigenvalue weighted by Gasteiger charge is -2.29. The highest BCUT2D eigenvalue weighted by atomic mass is 19.4. The molecule has 0 aliphatic heterocycles. The van der Waals surface area contributed by atoms with Crippen molar-refractivity contribution in [3.63, 3.8) is 0 Å². The molecule has 0 radical (unpaired) electrons. The van der Waals surface area contributed by atoms with E-state index in [9.17, 15) is 13.2 Å². The Morgan fingerprint density at radius 1 is 0.722 bits per heavy atom. The molecule has 2 saturated carbocycles. The van der Waals surface area contributed by atoms with Crippen LogP contribution in [0.15, 0.2) is 48.5 Å². The summed E-state index contributed by atoms with van der Waals surface area (Å²) in [5, 5.41) is 0. The fraction of sp³-hybridized carbons (Fsp3) is 0.548. The van der Waals surface area contributed by atoms with Crippen molar-refractivity contribution in [1.29, 1.82) is 0 Å². The molecule has 2 aromatic rings. The molecule has 2 nitrogen and oxygen atoms in total. The summed E-state index contributed by atoms with van der Waals surface area (Å²) in [5.74, 6) is 2.36. The third-order valence-electron chi connectivity index (χ3n) is 8.38. The van der Waals surface area contributed by atoms with Gasteiger partial charge in [0.15, 0.2) is 0 Å². The molecule has 2 aliphatic rings. The first-order valence-electron chi connectivity index (χ1n) is 13.8. The molecule has 2 aromatic carbocycles. The summed E-state index contributed by atoms with van der Waals surface area (Å²) in [4.78, 5) is 0. The second kappa shape index (κ2) is 12.2.